The van der Waals surface area contributed by atoms with Gasteiger partial charge < -0.3 is 0 Å². The third-order valence-electron chi connectivity index (χ3n) is 2.52. The number of carbonyl (C=O) groups is 2. The van der Waals surface area contributed by atoms with Crippen LogP contribution >= 0.6 is 11.6 Å². The second-order valence-electron chi connectivity index (χ2n) is 4.20. The van der Waals surface area contributed by atoms with Crippen LogP contribution in [0.4, 0.5) is 0 Å². The van der Waals surface area contributed by atoms with Crippen LogP contribution in [0.1, 0.15) is 31.1 Å². The number of rotatable bonds is 4. The summed E-state index contributed by atoms with van der Waals surface area (Å²) >= 11 is 5.74. The van der Waals surface area contributed by atoms with Crippen LogP contribution in [0.25, 0.3) is 0 Å². The monoisotopic (exact) mass is 238 g/mol. The van der Waals surface area contributed by atoms with Crippen LogP contribution in [-0.4, -0.2) is 11.6 Å². The van der Waals surface area contributed by atoms with Crippen molar-refractivity contribution >= 4 is 23.2 Å². The molecule has 0 radical (unpaired) electrons. The van der Waals surface area contributed by atoms with E-state index in [1.165, 1.54) is 6.92 Å². The van der Waals surface area contributed by atoms with Crippen LogP contribution in [0.3, 0.4) is 0 Å². The maximum absolute atomic E-state index is 12.1. The lowest BCUT2D eigenvalue weighted by Gasteiger charge is -2.16. The van der Waals surface area contributed by atoms with Gasteiger partial charge in [0, 0.05) is 10.6 Å². The molecule has 1 aromatic carbocycles. The van der Waals surface area contributed by atoms with Crippen molar-refractivity contribution in [3.05, 3.63) is 34.9 Å². The zero-order chi connectivity index (χ0) is 12.3. The molecule has 0 aromatic heterocycles. The van der Waals surface area contributed by atoms with E-state index >= 15 is 0 Å². The Kier molecular flexibility index (Phi) is 4.25. The highest BCUT2D eigenvalue weighted by Crippen LogP contribution is 2.19. The Morgan fingerprint density at radius 3 is 2.00 bits per heavy atom. The molecule has 1 atom stereocenters. The van der Waals surface area contributed by atoms with Gasteiger partial charge in [0.1, 0.15) is 5.78 Å². The molecule has 0 spiro atoms. The third-order valence-corrected chi connectivity index (χ3v) is 2.77. The summed E-state index contributed by atoms with van der Waals surface area (Å²) in [4.78, 5) is 23.5. The summed E-state index contributed by atoms with van der Waals surface area (Å²) < 4.78 is 0. The van der Waals surface area contributed by atoms with Crippen LogP contribution in [0.2, 0.25) is 5.02 Å². The molecule has 86 valence electrons. The van der Waals surface area contributed by atoms with Gasteiger partial charge in [0.05, 0.1) is 5.92 Å². The molecule has 0 aliphatic rings. The highest BCUT2D eigenvalue weighted by atomic mass is 35.5. The number of carbonyl (C=O) groups excluding carboxylic acids is 2. The molecular weight excluding hydrogens is 224 g/mol. The Balaban J connectivity index is 2.99. The van der Waals surface area contributed by atoms with Crippen LogP contribution < -0.4 is 0 Å². The van der Waals surface area contributed by atoms with Crippen molar-refractivity contribution in [2.45, 2.75) is 20.8 Å². The number of hydrogen-bond donors (Lipinski definition) is 0. The van der Waals surface area contributed by atoms with Gasteiger partial charge in [-0.2, -0.15) is 0 Å². The zero-order valence-electron chi connectivity index (χ0n) is 9.66. The molecule has 1 aromatic rings. The van der Waals surface area contributed by atoms with Gasteiger partial charge in [0.15, 0.2) is 5.78 Å². The molecule has 0 saturated carbocycles. The Bertz CT molecular complexity index is 393. The normalized spacial score (nSPS) is 12.6. The van der Waals surface area contributed by atoms with Gasteiger partial charge >= 0.3 is 0 Å². The van der Waals surface area contributed by atoms with Crippen LogP contribution in [0.15, 0.2) is 24.3 Å². The van der Waals surface area contributed by atoms with Gasteiger partial charge in [-0.25, -0.2) is 0 Å². The van der Waals surface area contributed by atoms with E-state index in [4.69, 9.17) is 11.6 Å². The summed E-state index contributed by atoms with van der Waals surface area (Å²) in [6.07, 6.45) is 0. The molecule has 0 amide bonds. The standard InChI is InChI=1S/C13H15ClO2/c1-8(2)12(9(3)15)13(16)10-4-6-11(14)7-5-10/h4-8,12H,1-3H3/t12-/m1/s1. The van der Waals surface area contributed by atoms with E-state index < -0.39 is 5.92 Å². The Hall–Kier alpha value is -1.15. The molecule has 2 nitrogen and oxygen atoms in total. The second kappa shape index (κ2) is 5.26. The molecule has 3 heteroatoms. The largest absolute Gasteiger partial charge is 0.299 e. The lowest BCUT2D eigenvalue weighted by Crippen LogP contribution is -2.27. The quantitative estimate of drug-likeness (QED) is 0.595. The maximum atomic E-state index is 12.1. The second-order valence-corrected chi connectivity index (χ2v) is 4.64. The average molecular weight is 239 g/mol. The first-order valence-corrected chi connectivity index (χ1v) is 5.61. The van der Waals surface area contributed by atoms with Gasteiger partial charge in [0.2, 0.25) is 0 Å². The van der Waals surface area contributed by atoms with E-state index in [9.17, 15) is 9.59 Å². The van der Waals surface area contributed by atoms with E-state index in [-0.39, 0.29) is 17.5 Å². The molecule has 0 fully saturated rings. The van der Waals surface area contributed by atoms with Crippen molar-refractivity contribution in [1.29, 1.82) is 0 Å². The lowest BCUT2D eigenvalue weighted by atomic mass is 9.85. The predicted molar refractivity (Wildman–Crippen MR) is 64.8 cm³/mol. The fourth-order valence-electron chi connectivity index (χ4n) is 1.75. The van der Waals surface area contributed by atoms with Gasteiger partial charge in [-0.05, 0) is 37.1 Å². The zero-order valence-corrected chi connectivity index (χ0v) is 10.4. The molecule has 0 saturated heterocycles. The minimum Gasteiger partial charge on any atom is -0.299 e. The average Bonchev–Trinajstić information content (AvgIpc) is 2.17. The van der Waals surface area contributed by atoms with Crippen LogP contribution in [0.5, 0.6) is 0 Å². The first-order valence-electron chi connectivity index (χ1n) is 5.23. The first-order chi connectivity index (χ1) is 7.43. The number of halogens is 1. The summed E-state index contributed by atoms with van der Waals surface area (Å²) in [5, 5.41) is 0.584. The van der Waals surface area contributed by atoms with Crippen molar-refractivity contribution in [2.24, 2.45) is 11.8 Å². The summed E-state index contributed by atoms with van der Waals surface area (Å²) in [7, 11) is 0. The Labute approximate surface area is 101 Å². The summed E-state index contributed by atoms with van der Waals surface area (Å²) in [5.41, 5.74) is 0.540. The maximum Gasteiger partial charge on any atom is 0.173 e. The Morgan fingerprint density at radius 2 is 1.62 bits per heavy atom. The molecule has 0 aliphatic heterocycles. The summed E-state index contributed by atoms with van der Waals surface area (Å²) in [5.74, 6) is -0.754. The minimum absolute atomic E-state index is 0.0145. The van der Waals surface area contributed by atoms with Gasteiger partial charge in [-0.15, -0.1) is 0 Å². The van der Waals surface area contributed by atoms with Crippen molar-refractivity contribution in [3.8, 4) is 0 Å². The van der Waals surface area contributed by atoms with E-state index in [0.29, 0.717) is 10.6 Å². The van der Waals surface area contributed by atoms with Crippen LogP contribution in [-0.2, 0) is 4.79 Å². The topological polar surface area (TPSA) is 34.1 Å². The molecule has 0 N–H and O–H groups in total. The highest BCUT2D eigenvalue weighted by molar-refractivity contribution is 6.30. The van der Waals surface area contributed by atoms with Crippen molar-refractivity contribution < 1.29 is 9.59 Å². The predicted octanol–water partition coefficient (Wildman–Crippen LogP) is 3.38. The van der Waals surface area contributed by atoms with E-state index in [0.717, 1.165) is 0 Å². The highest BCUT2D eigenvalue weighted by Gasteiger charge is 2.27. The van der Waals surface area contributed by atoms with E-state index in [1.54, 1.807) is 24.3 Å². The SMILES string of the molecule is CC(=O)[C@H](C(=O)c1ccc(Cl)cc1)C(C)C. The van der Waals surface area contributed by atoms with Crippen LogP contribution in [0, 0.1) is 11.8 Å². The van der Waals surface area contributed by atoms with Crippen molar-refractivity contribution in [2.75, 3.05) is 0 Å². The summed E-state index contributed by atoms with van der Waals surface area (Å²) in [6, 6.07) is 6.63. The van der Waals surface area contributed by atoms with E-state index in [2.05, 4.69) is 0 Å². The molecule has 16 heavy (non-hydrogen) atoms. The first kappa shape index (κ1) is 12.9. The molecule has 0 aliphatic carbocycles. The number of benzene rings is 1. The molecule has 0 unspecified atom stereocenters. The minimum atomic E-state index is -0.554. The van der Waals surface area contributed by atoms with Crippen molar-refractivity contribution in [3.63, 3.8) is 0 Å². The molecular formula is C13H15ClO2. The number of ketones is 2. The van der Waals surface area contributed by atoms with E-state index in [1.807, 2.05) is 13.8 Å². The lowest BCUT2D eigenvalue weighted by molar-refractivity contribution is -0.120. The Morgan fingerprint density at radius 1 is 1.12 bits per heavy atom. The molecule has 0 heterocycles. The third kappa shape index (κ3) is 2.92. The van der Waals surface area contributed by atoms with Gasteiger partial charge in [-0.1, -0.05) is 25.4 Å². The van der Waals surface area contributed by atoms with Gasteiger partial charge in [-0.3, -0.25) is 9.59 Å². The summed E-state index contributed by atoms with van der Waals surface area (Å²) in [6.45, 7) is 5.21. The molecule has 0 bridgehead atoms. The number of hydrogen-bond acceptors (Lipinski definition) is 2. The molecule has 1 rings (SSSR count). The smallest absolute Gasteiger partial charge is 0.173 e. The fourth-order valence-corrected chi connectivity index (χ4v) is 1.88. The van der Waals surface area contributed by atoms with Crippen molar-refractivity contribution in [1.82, 2.24) is 0 Å². The van der Waals surface area contributed by atoms with Gasteiger partial charge in [0.25, 0.3) is 0 Å². The number of Topliss-reactive ketones (excluding diaryl/α,β-unsaturated/α-hetero) is 2. The fraction of sp³-hybridized carbons (Fsp3) is 0.385.